The highest BCUT2D eigenvalue weighted by Crippen LogP contribution is 2.12. The number of hydrogen-bond donors (Lipinski definition) is 1. The molecule has 0 aliphatic heterocycles. The maximum Gasteiger partial charge on any atom is 0.211 e. The van der Waals surface area contributed by atoms with Crippen molar-refractivity contribution in [3.05, 3.63) is 35.1 Å². The van der Waals surface area contributed by atoms with Gasteiger partial charge in [-0.1, -0.05) is 6.07 Å². The van der Waals surface area contributed by atoms with Crippen molar-refractivity contribution >= 4 is 20.8 Å². The Hall–Kier alpha value is -0.790. The van der Waals surface area contributed by atoms with Gasteiger partial charge in [0, 0.05) is 22.3 Å². The summed E-state index contributed by atoms with van der Waals surface area (Å²) in [6, 6.07) is 4.36. The van der Waals surface area contributed by atoms with Crippen LogP contribution in [0, 0.1) is 12.7 Å². The molecule has 0 fully saturated rings. The molecule has 0 amide bonds. The summed E-state index contributed by atoms with van der Waals surface area (Å²) < 4.78 is 49.3. The predicted octanol–water partition coefficient (Wildman–Crippen LogP) is 1.32. The molecule has 1 N–H and O–H groups in total. The van der Waals surface area contributed by atoms with E-state index in [4.69, 9.17) is 0 Å². The second-order valence-corrected chi connectivity index (χ2v) is 7.86. The molecule has 1 aromatic rings. The van der Waals surface area contributed by atoms with Crippen molar-refractivity contribution in [2.24, 2.45) is 0 Å². The molecular weight excluding hydrogens is 289 g/mol. The lowest BCUT2D eigenvalue weighted by molar-refractivity contribution is 0.587. The summed E-state index contributed by atoms with van der Waals surface area (Å²) in [4.78, 5) is 0. The average Bonchev–Trinajstić information content (AvgIpc) is 2.32. The van der Waals surface area contributed by atoms with Gasteiger partial charge in [-0.2, -0.15) is 0 Å². The lowest BCUT2D eigenvalue weighted by Crippen LogP contribution is -2.23. The van der Waals surface area contributed by atoms with Gasteiger partial charge in [0.2, 0.25) is 10.0 Å². The largest absolute Gasteiger partial charge is 0.259 e. The van der Waals surface area contributed by atoms with E-state index in [-0.39, 0.29) is 11.6 Å². The smallest absolute Gasteiger partial charge is 0.211 e. The van der Waals surface area contributed by atoms with E-state index in [1.165, 1.54) is 19.2 Å². The first-order valence-electron chi connectivity index (χ1n) is 5.85. The van der Waals surface area contributed by atoms with E-state index >= 15 is 0 Å². The van der Waals surface area contributed by atoms with Crippen LogP contribution in [0.5, 0.6) is 0 Å². The third-order valence-corrected chi connectivity index (χ3v) is 5.54. The van der Waals surface area contributed by atoms with E-state index in [0.29, 0.717) is 17.9 Å². The molecule has 0 aromatic heterocycles. The Kier molecular flexibility index (Phi) is 6.09. The van der Waals surface area contributed by atoms with Crippen molar-refractivity contribution in [1.82, 2.24) is 4.72 Å². The van der Waals surface area contributed by atoms with E-state index in [1.54, 1.807) is 13.0 Å². The Morgan fingerprint density at radius 3 is 2.63 bits per heavy atom. The summed E-state index contributed by atoms with van der Waals surface area (Å²) in [5.41, 5.74) is 1.59. The molecule has 1 aromatic carbocycles. The number of rotatable bonds is 7. The molecule has 0 spiro atoms. The third kappa shape index (κ3) is 5.80. The van der Waals surface area contributed by atoms with Gasteiger partial charge >= 0.3 is 0 Å². The van der Waals surface area contributed by atoms with Gasteiger partial charge in [0.25, 0.3) is 0 Å². The zero-order valence-electron chi connectivity index (χ0n) is 11.0. The van der Waals surface area contributed by atoms with Gasteiger partial charge in [0.1, 0.15) is 5.82 Å². The molecule has 0 aliphatic carbocycles. The molecule has 1 unspecified atom stereocenters. The van der Waals surface area contributed by atoms with Crippen LogP contribution < -0.4 is 4.72 Å². The zero-order chi connectivity index (χ0) is 14.5. The standard InChI is InChI=1S/C12H18FNO3S2/c1-10-8-12(13)5-4-11(10)9-18(15)6-3-7-19(16,17)14-2/h4-5,8,14H,3,6-7,9H2,1-2H3. The average molecular weight is 307 g/mol. The van der Waals surface area contributed by atoms with E-state index in [2.05, 4.69) is 4.72 Å². The van der Waals surface area contributed by atoms with Crippen LogP contribution in [0.4, 0.5) is 4.39 Å². The van der Waals surface area contributed by atoms with Crippen LogP contribution in [0.15, 0.2) is 18.2 Å². The summed E-state index contributed by atoms with van der Waals surface area (Å²) in [6.07, 6.45) is 0.343. The van der Waals surface area contributed by atoms with Gasteiger partial charge in [-0.3, -0.25) is 4.21 Å². The minimum Gasteiger partial charge on any atom is -0.259 e. The van der Waals surface area contributed by atoms with E-state index in [0.717, 1.165) is 11.1 Å². The van der Waals surface area contributed by atoms with E-state index < -0.39 is 20.8 Å². The molecule has 0 aliphatic rings. The van der Waals surface area contributed by atoms with Gasteiger partial charge < -0.3 is 0 Å². The van der Waals surface area contributed by atoms with Gasteiger partial charge in [-0.25, -0.2) is 17.5 Å². The van der Waals surface area contributed by atoms with Crippen LogP contribution in [0.1, 0.15) is 17.5 Å². The van der Waals surface area contributed by atoms with Gasteiger partial charge in [-0.15, -0.1) is 0 Å². The van der Waals surface area contributed by atoms with Gasteiger partial charge in [0.15, 0.2) is 0 Å². The molecule has 0 radical (unpaired) electrons. The van der Waals surface area contributed by atoms with Crippen LogP contribution >= 0.6 is 0 Å². The zero-order valence-corrected chi connectivity index (χ0v) is 12.6. The molecule has 7 heteroatoms. The summed E-state index contributed by atoms with van der Waals surface area (Å²) in [7, 11) is -3.02. The second-order valence-electron chi connectivity index (χ2n) is 4.24. The molecule has 1 atom stereocenters. The third-order valence-electron chi connectivity index (χ3n) is 2.72. The fraction of sp³-hybridized carbons (Fsp3) is 0.500. The van der Waals surface area contributed by atoms with Gasteiger partial charge in [0.05, 0.1) is 5.75 Å². The topological polar surface area (TPSA) is 63.2 Å². The normalized spacial score (nSPS) is 13.4. The first-order chi connectivity index (χ1) is 8.84. The molecule has 19 heavy (non-hydrogen) atoms. The Morgan fingerprint density at radius 2 is 2.05 bits per heavy atom. The van der Waals surface area contributed by atoms with Crippen LogP contribution in [0.2, 0.25) is 0 Å². The highest BCUT2D eigenvalue weighted by molar-refractivity contribution is 7.89. The molecule has 0 bridgehead atoms. The van der Waals surface area contributed by atoms with Crippen molar-refractivity contribution in [1.29, 1.82) is 0 Å². The number of hydrogen-bond acceptors (Lipinski definition) is 3. The Bertz CT molecular complexity index is 558. The maximum absolute atomic E-state index is 12.9. The molecule has 1 rings (SSSR count). The van der Waals surface area contributed by atoms with Crippen molar-refractivity contribution in [3.63, 3.8) is 0 Å². The van der Waals surface area contributed by atoms with Crippen molar-refractivity contribution < 1.29 is 17.0 Å². The molecule has 4 nitrogen and oxygen atoms in total. The van der Waals surface area contributed by atoms with Crippen molar-refractivity contribution in [2.45, 2.75) is 19.1 Å². The predicted molar refractivity (Wildman–Crippen MR) is 75.3 cm³/mol. The monoisotopic (exact) mass is 307 g/mol. The van der Waals surface area contributed by atoms with Crippen molar-refractivity contribution in [2.75, 3.05) is 18.6 Å². The molecule has 0 saturated heterocycles. The summed E-state index contributed by atoms with van der Waals surface area (Å²) >= 11 is 0. The van der Waals surface area contributed by atoms with Crippen LogP contribution in [-0.4, -0.2) is 31.2 Å². The van der Waals surface area contributed by atoms with Gasteiger partial charge in [-0.05, 0) is 43.7 Å². The molecule has 0 heterocycles. The minimum absolute atomic E-state index is 0.0301. The highest BCUT2D eigenvalue weighted by Gasteiger charge is 2.09. The molecule has 0 saturated carbocycles. The summed E-state index contributed by atoms with van der Waals surface area (Å²) in [5, 5.41) is 0. The van der Waals surface area contributed by atoms with E-state index in [9.17, 15) is 17.0 Å². The molecule has 108 valence electrons. The maximum atomic E-state index is 12.9. The fourth-order valence-corrected chi connectivity index (χ4v) is 3.77. The first-order valence-corrected chi connectivity index (χ1v) is 8.99. The molecular formula is C12H18FNO3S2. The quantitative estimate of drug-likeness (QED) is 0.826. The van der Waals surface area contributed by atoms with Crippen LogP contribution in [0.3, 0.4) is 0 Å². The van der Waals surface area contributed by atoms with Crippen LogP contribution in [0.25, 0.3) is 0 Å². The minimum atomic E-state index is -3.24. The number of sulfonamides is 1. The number of halogens is 1. The summed E-state index contributed by atoms with van der Waals surface area (Å²) in [6.45, 7) is 1.76. The lowest BCUT2D eigenvalue weighted by Gasteiger charge is -2.06. The van der Waals surface area contributed by atoms with Crippen LogP contribution in [-0.2, 0) is 26.6 Å². The number of nitrogens with one attached hydrogen (secondary N) is 1. The van der Waals surface area contributed by atoms with E-state index in [1.807, 2.05) is 0 Å². The Balaban J connectivity index is 2.48. The fourth-order valence-electron chi connectivity index (χ4n) is 1.58. The Morgan fingerprint density at radius 1 is 1.37 bits per heavy atom. The summed E-state index contributed by atoms with van der Waals surface area (Å²) in [5.74, 6) is 0.299. The van der Waals surface area contributed by atoms with Crippen molar-refractivity contribution in [3.8, 4) is 0 Å². The highest BCUT2D eigenvalue weighted by atomic mass is 32.2. The lowest BCUT2D eigenvalue weighted by atomic mass is 10.1. The number of benzene rings is 1. The second kappa shape index (κ2) is 7.12. The Labute approximate surface area is 115 Å². The SMILES string of the molecule is CNS(=O)(=O)CCCS(=O)Cc1ccc(F)cc1C. The first kappa shape index (κ1) is 16.3. The number of aryl methyl sites for hydroxylation is 1.